The van der Waals surface area contributed by atoms with E-state index in [4.69, 9.17) is 21.1 Å². The smallest absolute Gasteiger partial charge is 0.136 e. The van der Waals surface area contributed by atoms with E-state index in [0.717, 1.165) is 24.3 Å². The van der Waals surface area contributed by atoms with Crippen molar-refractivity contribution >= 4 is 27.3 Å². The lowest BCUT2D eigenvalue weighted by molar-refractivity contribution is 0.405. The Morgan fingerprint density at radius 3 is 2.18 bits per heavy atom. The van der Waals surface area contributed by atoms with Gasteiger partial charge in [-0.2, -0.15) is 0 Å². The molecular formula is C14H12ClFNO4S-. The molecular weight excluding hydrogens is 333 g/mol. The van der Waals surface area contributed by atoms with E-state index in [1.165, 1.54) is 26.4 Å². The van der Waals surface area contributed by atoms with E-state index < -0.39 is 15.8 Å². The third-order valence-corrected chi connectivity index (χ3v) is 4.38. The van der Waals surface area contributed by atoms with Gasteiger partial charge in [0.2, 0.25) is 0 Å². The number of halogens is 2. The first-order chi connectivity index (χ1) is 10.4. The van der Waals surface area contributed by atoms with E-state index in [2.05, 4.69) is 4.72 Å². The number of nitrogens with zero attached hydrogens (tertiary/aromatic N) is 1. The second kappa shape index (κ2) is 6.41. The van der Waals surface area contributed by atoms with Crippen LogP contribution in [-0.2, 0) is 10.0 Å². The molecule has 0 heterocycles. The van der Waals surface area contributed by atoms with E-state index in [-0.39, 0.29) is 27.1 Å². The maximum Gasteiger partial charge on any atom is 0.136 e. The van der Waals surface area contributed by atoms with Gasteiger partial charge >= 0.3 is 0 Å². The lowest BCUT2D eigenvalue weighted by atomic mass is 10.3. The molecule has 0 aliphatic rings. The molecule has 0 saturated heterocycles. The molecule has 0 N–H and O–H groups in total. The fourth-order valence-electron chi connectivity index (χ4n) is 1.70. The van der Waals surface area contributed by atoms with Crippen LogP contribution in [0.25, 0.3) is 4.72 Å². The van der Waals surface area contributed by atoms with Crippen LogP contribution in [0, 0.1) is 5.82 Å². The van der Waals surface area contributed by atoms with Crippen LogP contribution in [0.3, 0.4) is 0 Å². The predicted molar refractivity (Wildman–Crippen MR) is 81.2 cm³/mol. The van der Waals surface area contributed by atoms with Crippen molar-refractivity contribution in [2.24, 2.45) is 0 Å². The number of hydrogen-bond acceptors (Lipinski definition) is 4. The number of ether oxygens (including phenoxy) is 2. The molecule has 0 aliphatic heterocycles. The molecule has 118 valence electrons. The van der Waals surface area contributed by atoms with Crippen LogP contribution in [0.15, 0.2) is 41.3 Å². The van der Waals surface area contributed by atoms with Gasteiger partial charge < -0.3 is 14.2 Å². The SMILES string of the molecule is COc1cc([N-]S(=O)(=O)c2ccc(F)cc2)c(OC)cc1Cl. The molecule has 2 aromatic carbocycles. The minimum absolute atomic E-state index is 0.0353. The van der Waals surface area contributed by atoms with Crippen LogP contribution in [0.5, 0.6) is 11.5 Å². The molecule has 2 rings (SSSR count). The standard InChI is InChI=1S/C14H12ClFNO4S/c1-20-13-8-12(14(21-2)7-11(13)15)17-22(18,19)10-5-3-9(16)4-6-10/h3-8H,1-2H3/q-1. The van der Waals surface area contributed by atoms with E-state index in [0.29, 0.717) is 0 Å². The summed E-state index contributed by atoms with van der Waals surface area (Å²) in [5.41, 5.74) is 0.0353. The molecule has 0 aromatic heterocycles. The summed E-state index contributed by atoms with van der Waals surface area (Å²) in [6, 6.07) is 7.10. The van der Waals surface area contributed by atoms with Gasteiger partial charge in [0, 0.05) is 6.07 Å². The molecule has 0 amide bonds. The predicted octanol–water partition coefficient (Wildman–Crippen LogP) is 3.89. The molecule has 0 bridgehead atoms. The summed E-state index contributed by atoms with van der Waals surface area (Å²) in [6.07, 6.45) is 0. The van der Waals surface area contributed by atoms with Crippen LogP contribution in [0.4, 0.5) is 10.1 Å². The summed E-state index contributed by atoms with van der Waals surface area (Å²) in [4.78, 5) is -0.134. The van der Waals surface area contributed by atoms with Crippen LogP contribution in [-0.4, -0.2) is 22.6 Å². The molecule has 0 spiro atoms. The van der Waals surface area contributed by atoms with Gasteiger partial charge in [0.1, 0.15) is 27.3 Å². The van der Waals surface area contributed by atoms with Crippen molar-refractivity contribution in [3.8, 4) is 11.5 Å². The Kier molecular flexibility index (Phi) is 4.77. The summed E-state index contributed by atoms with van der Waals surface area (Å²) in [7, 11) is -1.26. The third-order valence-electron chi connectivity index (χ3n) is 2.78. The molecule has 0 saturated carbocycles. The Bertz CT molecular complexity index is 778. The van der Waals surface area contributed by atoms with Gasteiger partial charge in [-0.05, 0) is 30.3 Å². The van der Waals surface area contributed by atoms with Crippen molar-refractivity contribution in [3.63, 3.8) is 0 Å². The lowest BCUT2D eigenvalue weighted by Crippen LogP contribution is -1.99. The maximum absolute atomic E-state index is 12.9. The molecule has 22 heavy (non-hydrogen) atoms. The summed E-state index contributed by atoms with van der Waals surface area (Å²) < 4.78 is 51.2. The zero-order chi connectivity index (χ0) is 16.3. The van der Waals surface area contributed by atoms with E-state index in [9.17, 15) is 12.8 Å². The summed E-state index contributed by atoms with van der Waals surface area (Å²) in [5.74, 6) is -0.100. The number of methoxy groups -OCH3 is 2. The lowest BCUT2D eigenvalue weighted by Gasteiger charge is -2.25. The van der Waals surface area contributed by atoms with Gasteiger partial charge in [0.25, 0.3) is 0 Å². The van der Waals surface area contributed by atoms with Gasteiger partial charge in [-0.1, -0.05) is 17.3 Å². The Morgan fingerprint density at radius 2 is 1.64 bits per heavy atom. The molecule has 0 radical (unpaired) electrons. The van der Waals surface area contributed by atoms with Crippen LogP contribution >= 0.6 is 11.6 Å². The molecule has 0 unspecified atom stereocenters. The number of benzene rings is 2. The quantitative estimate of drug-likeness (QED) is 0.825. The van der Waals surface area contributed by atoms with Gasteiger partial charge in [0.05, 0.1) is 24.1 Å². The first-order valence-electron chi connectivity index (χ1n) is 6.02. The zero-order valence-electron chi connectivity index (χ0n) is 11.7. The summed E-state index contributed by atoms with van der Waals surface area (Å²) >= 11 is 5.95. The molecule has 8 heteroatoms. The second-order valence-corrected chi connectivity index (χ2v) is 6.19. The molecule has 2 aromatic rings. The van der Waals surface area contributed by atoms with Crippen molar-refractivity contribution in [2.45, 2.75) is 4.90 Å². The molecule has 0 aliphatic carbocycles. The fraction of sp³-hybridized carbons (Fsp3) is 0.143. The number of rotatable bonds is 5. The van der Waals surface area contributed by atoms with Gasteiger partial charge in [-0.25, -0.2) is 12.8 Å². The largest absolute Gasteiger partial charge is 0.570 e. The topological polar surface area (TPSA) is 66.7 Å². The highest BCUT2D eigenvalue weighted by Crippen LogP contribution is 2.42. The highest BCUT2D eigenvalue weighted by Gasteiger charge is 2.10. The van der Waals surface area contributed by atoms with E-state index in [1.807, 2.05) is 0 Å². The average Bonchev–Trinajstić information content (AvgIpc) is 2.48. The van der Waals surface area contributed by atoms with Gasteiger partial charge in [-0.15, -0.1) is 0 Å². The van der Waals surface area contributed by atoms with E-state index in [1.54, 1.807) is 0 Å². The Labute approximate surface area is 132 Å². The van der Waals surface area contributed by atoms with Crippen LogP contribution in [0.1, 0.15) is 0 Å². The van der Waals surface area contributed by atoms with Gasteiger partial charge in [-0.3, -0.25) is 0 Å². The highest BCUT2D eigenvalue weighted by atomic mass is 35.5. The number of hydrogen-bond donors (Lipinski definition) is 0. The summed E-state index contributed by atoms with van der Waals surface area (Å²) in [6.45, 7) is 0. The first kappa shape index (κ1) is 16.4. The summed E-state index contributed by atoms with van der Waals surface area (Å²) in [5, 5.41) is 0.262. The van der Waals surface area contributed by atoms with E-state index >= 15 is 0 Å². The highest BCUT2D eigenvalue weighted by molar-refractivity contribution is 7.94. The van der Waals surface area contributed by atoms with Crippen molar-refractivity contribution in [1.29, 1.82) is 0 Å². The maximum atomic E-state index is 12.9. The van der Waals surface area contributed by atoms with Crippen LogP contribution < -0.4 is 9.47 Å². The normalized spacial score (nSPS) is 11.1. The Balaban J connectivity index is 2.42. The first-order valence-corrected chi connectivity index (χ1v) is 7.84. The second-order valence-electron chi connectivity index (χ2n) is 4.18. The minimum Gasteiger partial charge on any atom is -0.570 e. The van der Waals surface area contributed by atoms with Crippen LogP contribution in [0.2, 0.25) is 5.02 Å². The average molecular weight is 345 g/mol. The molecule has 5 nitrogen and oxygen atoms in total. The zero-order valence-corrected chi connectivity index (χ0v) is 13.3. The fourth-order valence-corrected chi connectivity index (χ4v) is 2.92. The Hall–Kier alpha value is -1.99. The van der Waals surface area contributed by atoms with Gasteiger partial charge in [0.15, 0.2) is 0 Å². The van der Waals surface area contributed by atoms with Crippen molar-refractivity contribution in [3.05, 3.63) is 52.0 Å². The monoisotopic (exact) mass is 344 g/mol. The Morgan fingerprint density at radius 1 is 1.05 bits per heavy atom. The third kappa shape index (κ3) is 3.42. The molecule has 0 fully saturated rings. The minimum atomic E-state index is -4.02. The molecule has 0 atom stereocenters. The van der Waals surface area contributed by atoms with Crippen molar-refractivity contribution in [2.75, 3.05) is 14.2 Å². The van der Waals surface area contributed by atoms with Crippen molar-refractivity contribution in [1.82, 2.24) is 0 Å². The number of sulfonamides is 1. The van der Waals surface area contributed by atoms with Crippen molar-refractivity contribution < 1.29 is 22.3 Å².